The maximum absolute atomic E-state index is 11.9. The minimum Gasteiger partial charge on any atom is -0.363 e. The fourth-order valence-corrected chi connectivity index (χ4v) is 2.41. The molecule has 116 valence electrons. The van der Waals surface area contributed by atoms with E-state index in [9.17, 15) is 4.79 Å². The van der Waals surface area contributed by atoms with E-state index in [1.54, 1.807) is 7.05 Å². The molecule has 0 aliphatic carbocycles. The van der Waals surface area contributed by atoms with Crippen LogP contribution in [0.1, 0.15) is 12.5 Å². The Kier molecular flexibility index (Phi) is 4.74. The summed E-state index contributed by atoms with van der Waals surface area (Å²) in [6, 6.07) is 0. The lowest BCUT2D eigenvalue weighted by molar-refractivity contribution is -0.156. The zero-order chi connectivity index (χ0) is 15.5. The van der Waals surface area contributed by atoms with Gasteiger partial charge in [-0.2, -0.15) is 0 Å². The fourth-order valence-electron chi connectivity index (χ4n) is 2.41. The summed E-state index contributed by atoms with van der Waals surface area (Å²) in [6.45, 7) is 4.43. The third kappa shape index (κ3) is 3.68. The lowest BCUT2D eigenvalue weighted by atomic mass is 10.0. The van der Waals surface area contributed by atoms with Gasteiger partial charge in [-0.1, -0.05) is 0 Å². The van der Waals surface area contributed by atoms with Crippen molar-refractivity contribution in [3.63, 3.8) is 0 Å². The second kappa shape index (κ2) is 6.36. The van der Waals surface area contributed by atoms with Crippen molar-refractivity contribution in [3.8, 4) is 0 Å². The molecule has 0 aromatic carbocycles. The second-order valence-electron chi connectivity index (χ2n) is 5.65. The van der Waals surface area contributed by atoms with Gasteiger partial charge in [0.1, 0.15) is 0 Å². The maximum atomic E-state index is 11.9. The van der Waals surface area contributed by atoms with Crippen LogP contribution in [0.15, 0.2) is 12.4 Å². The van der Waals surface area contributed by atoms with Crippen LogP contribution in [0.2, 0.25) is 0 Å². The molecule has 0 spiro atoms. The Hall–Kier alpha value is -1.73. The Labute approximate surface area is 125 Å². The van der Waals surface area contributed by atoms with Crippen LogP contribution in [0.3, 0.4) is 0 Å². The fraction of sp³-hybridized carbons (Fsp3) is 0.643. The van der Waals surface area contributed by atoms with Crippen LogP contribution in [0, 0.1) is 0 Å². The monoisotopic (exact) mass is 293 g/mol. The van der Waals surface area contributed by atoms with Crippen molar-refractivity contribution in [2.75, 3.05) is 45.7 Å². The van der Waals surface area contributed by atoms with Gasteiger partial charge in [0, 0.05) is 58.7 Å². The van der Waals surface area contributed by atoms with Gasteiger partial charge in [-0.05, 0) is 6.92 Å². The summed E-state index contributed by atoms with van der Waals surface area (Å²) in [7, 11) is 5.45. The Balaban J connectivity index is 2.01. The lowest BCUT2D eigenvalue weighted by Crippen LogP contribution is -2.57. The summed E-state index contributed by atoms with van der Waals surface area (Å²) in [5, 5.41) is 2.66. The number of anilines is 1. The van der Waals surface area contributed by atoms with Crippen molar-refractivity contribution in [1.29, 1.82) is 0 Å². The Morgan fingerprint density at radius 2 is 2.14 bits per heavy atom. The van der Waals surface area contributed by atoms with Crippen molar-refractivity contribution >= 4 is 11.9 Å². The van der Waals surface area contributed by atoms with Crippen LogP contribution < -0.4 is 10.2 Å². The molecule has 7 heteroatoms. The number of nitrogens with zero attached hydrogens (tertiary/aromatic N) is 4. The van der Waals surface area contributed by atoms with Gasteiger partial charge in [0.15, 0.2) is 5.60 Å². The molecule has 1 saturated heterocycles. The molecule has 1 aromatic heterocycles. The molecule has 0 saturated carbocycles. The van der Waals surface area contributed by atoms with E-state index < -0.39 is 5.60 Å². The van der Waals surface area contributed by atoms with Gasteiger partial charge in [-0.3, -0.25) is 9.69 Å². The number of amides is 1. The molecule has 1 fully saturated rings. The largest absolute Gasteiger partial charge is 0.363 e. The quantitative estimate of drug-likeness (QED) is 0.834. The molecule has 1 aliphatic rings. The highest BCUT2D eigenvalue weighted by Crippen LogP contribution is 2.19. The van der Waals surface area contributed by atoms with Gasteiger partial charge >= 0.3 is 0 Å². The standard InChI is InChI=1S/C14H23N5O2/c1-14(12(20)15-2)10-19(5-6-21-14)9-11-7-16-13(17-8-11)18(3)4/h7-8H,5-6,9-10H2,1-4H3,(H,15,20). The molecular formula is C14H23N5O2. The summed E-state index contributed by atoms with van der Waals surface area (Å²) in [6.07, 6.45) is 3.66. The predicted octanol–water partition coefficient (Wildman–Crippen LogP) is -0.120. The molecule has 1 aliphatic heterocycles. The lowest BCUT2D eigenvalue weighted by Gasteiger charge is -2.39. The topological polar surface area (TPSA) is 70.6 Å². The Morgan fingerprint density at radius 3 is 2.71 bits per heavy atom. The molecule has 2 heterocycles. The van der Waals surface area contributed by atoms with Crippen LogP contribution in [0.25, 0.3) is 0 Å². The molecule has 0 bridgehead atoms. The van der Waals surface area contributed by atoms with Gasteiger partial charge in [0.05, 0.1) is 6.61 Å². The zero-order valence-electron chi connectivity index (χ0n) is 13.1. The smallest absolute Gasteiger partial charge is 0.253 e. The van der Waals surface area contributed by atoms with E-state index in [1.807, 2.05) is 38.3 Å². The number of ether oxygens (including phenoxy) is 1. The van der Waals surface area contributed by atoms with E-state index in [2.05, 4.69) is 20.2 Å². The van der Waals surface area contributed by atoms with Gasteiger partial charge in [-0.15, -0.1) is 0 Å². The summed E-state index contributed by atoms with van der Waals surface area (Å²) in [5.41, 5.74) is 0.235. The van der Waals surface area contributed by atoms with Gasteiger partial charge < -0.3 is 15.0 Å². The number of likely N-dealkylation sites (N-methyl/N-ethyl adjacent to an activating group) is 1. The van der Waals surface area contributed by atoms with E-state index >= 15 is 0 Å². The maximum Gasteiger partial charge on any atom is 0.253 e. The number of hydrogen-bond donors (Lipinski definition) is 1. The third-order valence-corrected chi connectivity index (χ3v) is 3.56. The van der Waals surface area contributed by atoms with E-state index in [0.29, 0.717) is 25.6 Å². The van der Waals surface area contributed by atoms with E-state index in [0.717, 1.165) is 12.1 Å². The van der Waals surface area contributed by atoms with Crippen LogP contribution in [0.4, 0.5) is 5.95 Å². The van der Waals surface area contributed by atoms with E-state index in [-0.39, 0.29) is 5.91 Å². The molecular weight excluding hydrogens is 270 g/mol. The molecule has 1 N–H and O–H groups in total. The number of aromatic nitrogens is 2. The molecule has 2 rings (SSSR count). The highest BCUT2D eigenvalue weighted by atomic mass is 16.5. The normalized spacial score (nSPS) is 22.9. The number of carbonyl (C=O) groups excluding carboxylic acids is 1. The molecule has 1 aromatic rings. The molecule has 1 amide bonds. The highest BCUT2D eigenvalue weighted by Gasteiger charge is 2.38. The first-order valence-corrected chi connectivity index (χ1v) is 7.01. The molecule has 21 heavy (non-hydrogen) atoms. The minimum absolute atomic E-state index is 0.0913. The highest BCUT2D eigenvalue weighted by molar-refractivity contribution is 5.84. The number of nitrogens with one attached hydrogen (secondary N) is 1. The molecule has 1 atom stereocenters. The molecule has 0 radical (unpaired) electrons. The van der Waals surface area contributed by atoms with Gasteiger partial charge in [0.2, 0.25) is 5.95 Å². The first-order valence-electron chi connectivity index (χ1n) is 7.01. The number of carbonyl (C=O) groups is 1. The number of morpholine rings is 1. The van der Waals surface area contributed by atoms with Crippen molar-refractivity contribution in [2.24, 2.45) is 0 Å². The first-order chi connectivity index (χ1) is 9.94. The average Bonchev–Trinajstić information content (AvgIpc) is 2.47. The Morgan fingerprint density at radius 1 is 1.48 bits per heavy atom. The van der Waals surface area contributed by atoms with Crippen LogP contribution in [0.5, 0.6) is 0 Å². The van der Waals surface area contributed by atoms with Crippen LogP contribution >= 0.6 is 0 Å². The SMILES string of the molecule is CNC(=O)C1(C)CN(Cc2cnc(N(C)C)nc2)CCO1. The van der Waals surface area contributed by atoms with Crippen LogP contribution in [-0.4, -0.2) is 67.2 Å². The number of hydrogen-bond acceptors (Lipinski definition) is 6. The summed E-state index contributed by atoms with van der Waals surface area (Å²) < 4.78 is 5.65. The van der Waals surface area contributed by atoms with Gasteiger partial charge in [0.25, 0.3) is 5.91 Å². The molecule has 1 unspecified atom stereocenters. The van der Waals surface area contributed by atoms with Crippen molar-refractivity contribution in [1.82, 2.24) is 20.2 Å². The minimum atomic E-state index is -0.794. The summed E-state index contributed by atoms with van der Waals surface area (Å²) in [4.78, 5) is 24.6. The van der Waals surface area contributed by atoms with Crippen LogP contribution in [-0.2, 0) is 16.1 Å². The summed E-state index contributed by atoms with van der Waals surface area (Å²) >= 11 is 0. The number of rotatable bonds is 4. The average molecular weight is 293 g/mol. The second-order valence-corrected chi connectivity index (χ2v) is 5.65. The van der Waals surface area contributed by atoms with Gasteiger partial charge in [-0.25, -0.2) is 9.97 Å². The van der Waals surface area contributed by atoms with Crippen molar-refractivity contribution in [2.45, 2.75) is 19.1 Å². The summed E-state index contributed by atoms with van der Waals surface area (Å²) in [5.74, 6) is 0.599. The Bertz CT molecular complexity index is 491. The van der Waals surface area contributed by atoms with E-state index in [1.165, 1.54) is 0 Å². The zero-order valence-corrected chi connectivity index (χ0v) is 13.1. The molecule has 7 nitrogen and oxygen atoms in total. The van der Waals surface area contributed by atoms with E-state index in [4.69, 9.17) is 4.74 Å². The van der Waals surface area contributed by atoms with Crippen molar-refractivity contribution < 1.29 is 9.53 Å². The predicted molar refractivity (Wildman–Crippen MR) is 80.1 cm³/mol. The third-order valence-electron chi connectivity index (χ3n) is 3.56. The first kappa shape index (κ1) is 15.7. The van der Waals surface area contributed by atoms with Crippen molar-refractivity contribution in [3.05, 3.63) is 18.0 Å².